The zero-order valence-electron chi connectivity index (χ0n) is 18.7. The van der Waals surface area contributed by atoms with Crippen molar-refractivity contribution in [2.24, 2.45) is 0 Å². The zero-order chi connectivity index (χ0) is 21.8. The molecule has 0 saturated carbocycles. The second-order valence-corrected chi connectivity index (χ2v) is 9.85. The average molecular weight is 403 g/mol. The Morgan fingerprint density at radius 3 is 2.13 bits per heavy atom. The standard InChI is InChI=1S/C27H30O3/c1-16-19-9-7-17(13-21(19)24(28)15-20(16)25(29)30-6)18-8-10-22-23(14-18)27(4,5)12-11-26(22,2)3/h7-10,13-15,28H,11-12H2,1-6H3. The first kappa shape index (κ1) is 20.5. The van der Waals surface area contributed by atoms with Crippen LogP contribution in [0.15, 0.2) is 42.5 Å². The van der Waals surface area contributed by atoms with Gasteiger partial charge in [0.2, 0.25) is 0 Å². The molecule has 0 fully saturated rings. The van der Waals surface area contributed by atoms with Gasteiger partial charge in [-0.05, 0) is 75.9 Å². The molecule has 0 atom stereocenters. The molecule has 0 aliphatic heterocycles. The van der Waals surface area contributed by atoms with Crippen LogP contribution in [0.3, 0.4) is 0 Å². The number of aryl methyl sites for hydroxylation is 1. The lowest BCUT2D eigenvalue weighted by Crippen LogP contribution is -2.33. The van der Waals surface area contributed by atoms with Gasteiger partial charge in [-0.25, -0.2) is 4.79 Å². The Bertz CT molecular complexity index is 1170. The molecule has 3 aromatic carbocycles. The predicted molar refractivity (Wildman–Crippen MR) is 122 cm³/mol. The molecule has 0 amide bonds. The fraction of sp³-hybridized carbons (Fsp3) is 0.370. The summed E-state index contributed by atoms with van der Waals surface area (Å²) in [6, 6.07) is 14.4. The van der Waals surface area contributed by atoms with E-state index >= 15 is 0 Å². The van der Waals surface area contributed by atoms with Crippen LogP contribution in [0.4, 0.5) is 0 Å². The summed E-state index contributed by atoms with van der Waals surface area (Å²) in [5.41, 5.74) is 6.60. The number of benzene rings is 3. The highest BCUT2D eigenvalue weighted by Crippen LogP contribution is 2.47. The number of phenols is 1. The van der Waals surface area contributed by atoms with Crippen LogP contribution in [0.25, 0.3) is 21.9 Å². The lowest BCUT2D eigenvalue weighted by molar-refractivity contribution is 0.0599. The third-order valence-corrected chi connectivity index (χ3v) is 6.98. The van der Waals surface area contributed by atoms with Crippen molar-refractivity contribution in [2.45, 2.75) is 58.3 Å². The molecular formula is C27H30O3. The van der Waals surface area contributed by atoms with E-state index in [1.807, 2.05) is 19.1 Å². The molecule has 30 heavy (non-hydrogen) atoms. The van der Waals surface area contributed by atoms with Crippen LogP contribution in [-0.4, -0.2) is 18.2 Å². The van der Waals surface area contributed by atoms with Crippen LogP contribution in [0, 0.1) is 6.92 Å². The molecular weight excluding hydrogens is 372 g/mol. The van der Waals surface area contributed by atoms with E-state index in [9.17, 15) is 9.90 Å². The molecule has 0 unspecified atom stereocenters. The molecule has 0 spiro atoms. The molecule has 0 saturated heterocycles. The summed E-state index contributed by atoms with van der Waals surface area (Å²) in [6.07, 6.45) is 2.36. The van der Waals surface area contributed by atoms with Gasteiger partial charge in [0.05, 0.1) is 12.7 Å². The summed E-state index contributed by atoms with van der Waals surface area (Å²) in [5, 5.41) is 12.2. The molecule has 1 aliphatic rings. The highest BCUT2D eigenvalue weighted by atomic mass is 16.5. The van der Waals surface area contributed by atoms with Crippen molar-refractivity contribution in [3.63, 3.8) is 0 Å². The maximum atomic E-state index is 12.0. The van der Waals surface area contributed by atoms with Gasteiger partial charge in [0.15, 0.2) is 0 Å². The van der Waals surface area contributed by atoms with Crippen LogP contribution >= 0.6 is 0 Å². The van der Waals surface area contributed by atoms with Crippen molar-refractivity contribution in [3.05, 3.63) is 64.7 Å². The number of methoxy groups -OCH3 is 1. The van der Waals surface area contributed by atoms with Gasteiger partial charge in [-0.2, -0.15) is 0 Å². The number of aromatic hydroxyl groups is 1. The number of phenolic OH excluding ortho intramolecular Hbond substituents is 1. The fourth-order valence-electron chi connectivity index (χ4n) is 4.82. The van der Waals surface area contributed by atoms with Gasteiger partial charge < -0.3 is 9.84 Å². The highest BCUT2D eigenvalue weighted by molar-refractivity contribution is 6.02. The number of hydrogen-bond acceptors (Lipinski definition) is 3. The van der Waals surface area contributed by atoms with E-state index in [-0.39, 0.29) is 16.6 Å². The Balaban J connectivity index is 1.87. The normalized spacial score (nSPS) is 16.9. The molecule has 0 heterocycles. The van der Waals surface area contributed by atoms with E-state index in [1.54, 1.807) is 0 Å². The molecule has 1 N–H and O–H groups in total. The van der Waals surface area contributed by atoms with Crippen LogP contribution in [0.5, 0.6) is 5.75 Å². The molecule has 0 aromatic heterocycles. The van der Waals surface area contributed by atoms with Crippen molar-refractivity contribution in [3.8, 4) is 16.9 Å². The van der Waals surface area contributed by atoms with Crippen molar-refractivity contribution in [1.29, 1.82) is 0 Å². The number of esters is 1. The van der Waals surface area contributed by atoms with Gasteiger partial charge in [-0.3, -0.25) is 0 Å². The quantitative estimate of drug-likeness (QED) is 0.488. The predicted octanol–water partition coefficient (Wildman–Crippen LogP) is 6.66. The minimum absolute atomic E-state index is 0.0947. The first-order chi connectivity index (χ1) is 14.0. The number of carbonyl (C=O) groups excluding carboxylic acids is 1. The smallest absolute Gasteiger partial charge is 0.338 e. The number of rotatable bonds is 2. The van der Waals surface area contributed by atoms with Crippen LogP contribution in [0.2, 0.25) is 0 Å². The summed E-state index contributed by atoms with van der Waals surface area (Å²) in [5.74, 6) is -0.342. The van der Waals surface area contributed by atoms with Crippen molar-refractivity contribution < 1.29 is 14.6 Å². The van der Waals surface area contributed by atoms with E-state index in [1.165, 1.54) is 37.1 Å². The van der Waals surface area contributed by atoms with Gasteiger partial charge in [0, 0.05) is 5.39 Å². The van der Waals surface area contributed by atoms with Gasteiger partial charge in [0.25, 0.3) is 0 Å². The highest BCUT2D eigenvalue weighted by Gasteiger charge is 2.37. The van der Waals surface area contributed by atoms with Gasteiger partial charge in [-0.1, -0.05) is 58.0 Å². The molecule has 3 nitrogen and oxygen atoms in total. The first-order valence-corrected chi connectivity index (χ1v) is 10.6. The topological polar surface area (TPSA) is 46.5 Å². The Morgan fingerprint density at radius 1 is 0.867 bits per heavy atom. The number of hydrogen-bond donors (Lipinski definition) is 1. The van der Waals surface area contributed by atoms with E-state index in [0.29, 0.717) is 5.56 Å². The Kier molecular flexibility index (Phi) is 4.68. The number of ether oxygens (including phenoxy) is 1. The summed E-state index contributed by atoms with van der Waals surface area (Å²) in [4.78, 5) is 12.0. The summed E-state index contributed by atoms with van der Waals surface area (Å²) in [7, 11) is 1.35. The third-order valence-electron chi connectivity index (χ3n) is 6.98. The van der Waals surface area contributed by atoms with E-state index in [4.69, 9.17) is 4.74 Å². The monoisotopic (exact) mass is 402 g/mol. The van der Waals surface area contributed by atoms with Gasteiger partial charge >= 0.3 is 5.97 Å². The Hall–Kier alpha value is -2.81. The van der Waals surface area contributed by atoms with E-state index < -0.39 is 5.97 Å². The van der Waals surface area contributed by atoms with Crippen molar-refractivity contribution >= 4 is 16.7 Å². The second-order valence-electron chi connectivity index (χ2n) is 9.85. The molecule has 1 aliphatic carbocycles. The maximum absolute atomic E-state index is 12.0. The lowest BCUT2D eigenvalue weighted by atomic mass is 9.63. The molecule has 0 bridgehead atoms. The molecule has 156 valence electrons. The lowest BCUT2D eigenvalue weighted by Gasteiger charge is -2.42. The van der Waals surface area contributed by atoms with Crippen molar-refractivity contribution in [1.82, 2.24) is 0 Å². The first-order valence-electron chi connectivity index (χ1n) is 10.6. The van der Waals surface area contributed by atoms with E-state index in [2.05, 4.69) is 52.0 Å². The van der Waals surface area contributed by atoms with Crippen molar-refractivity contribution in [2.75, 3.05) is 7.11 Å². The van der Waals surface area contributed by atoms with Gasteiger partial charge in [0.1, 0.15) is 5.75 Å². The maximum Gasteiger partial charge on any atom is 0.338 e. The number of carbonyl (C=O) groups is 1. The van der Waals surface area contributed by atoms with Crippen LogP contribution < -0.4 is 0 Å². The largest absolute Gasteiger partial charge is 0.507 e. The van der Waals surface area contributed by atoms with E-state index in [0.717, 1.165) is 27.5 Å². The SMILES string of the molecule is COC(=O)c1cc(O)c2cc(-c3ccc4c(c3)C(C)(C)CCC4(C)C)ccc2c1C. The molecule has 3 heteroatoms. The zero-order valence-corrected chi connectivity index (χ0v) is 18.7. The Morgan fingerprint density at radius 2 is 1.47 bits per heavy atom. The van der Waals surface area contributed by atoms with Crippen LogP contribution in [0.1, 0.15) is 67.6 Å². The molecule has 0 radical (unpaired) electrons. The summed E-state index contributed by atoms with van der Waals surface area (Å²) >= 11 is 0. The third kappa shape index (κ3) is 3.17. The minimum atomic E-state index is -0.437. The summed E-state index contributed by atoms with van der Waals surface area (Å²) in [6.45, 7) is 11.2. The molecule has 3 aromatic rings. The Labute approximate surface area is 178 Å². The summed E-state index contributed by atoms with van der Waals surface area (Å²) < 4.78 is 4.85. The molecule has 4 rings (SSSR count). The second kappa shape index (κ2) is 6.87. The van der Waals surface area contributed by atoms with Gasteiger partial charge in [-0.15, -0.1) is 0 Å². The number of fused-ring (bicyclic) bond motifs is 2. The fourth-order valence-corrected chi connectivity index (χ4v) is 4.82. The minimum Gasteiger partial charge on any atom is -0.507 e. The van der Waals surface area contributed by atoms with Crippen LogP contribution in [-0.2, 0) is 15.6 Å². The average Bonchev–Trinajstić information content (AvgIpc) is 2.73.